The van der Waals surface area contributed by atoms with Crippen molar-refractivity contribution in [2.75, 3.05) is 32.8 Å². The fraction of sp³-hybridized carbons (Fsp3) is 0.474. The SMILES string of the molecule is Cc1ccc(C2CNCCN2CCOc2nc(C)cc(C)n2)cc1. The van der Waals surface area contributed by atoms with Gasteiger partial charge in [0.2, 0.25) is 0 Å². The second-order valence-electron chi connectivity index (χ2n) is 6.45. The van der Waals surface area contributed by atoms with Gasteiger partial charge in [0.1, 0.15) is 6.61 Å². The van der Waals surface area contributed by atoms with Gasteiger partial charge in [-0.25, -0.2) is 9.97 Å². The first kappa shape index (κ1) is 16.9. The molecule has 0 bridgehead atoms. The van der Waals surface area contributed by atoms with Gasteiger partial charge in [0.05, 0.1) is 0 Å². The number of rotatable bonds is 5. The van der Waals surface area contributed by atoms with E-state index in [-0.39, 0.29) is 0 Å². The summed E-state index contributed by atoms with van der Waals surface area (Å²) in [4.78, 5) is 11.2. The molecule has 128 valence electrons. The fourth-order valence-corrected chi connectivity index (χ4v) is 3.14. The van der Waals surface area contributed by atoms with E-state index in [0.717, 1.165) is 37.6 Å². The lowest BCUT2D eigenvalue weighted by atomic mass is 10.0. The van der Waals surface area contributed by atoms with Crippen LogP contribution in [-0.2, 0) is 0 Å². The molecule has 1 aliphatic heterocycles. The van der Waals surface area contributed by atoms with E-state index in [1.165, 1.54) is 11.1 Å². The highest BCUT2D eigenvalue weighted by Crippen LogP contribution is 2.22. The molecule has 1 unspecified atom stereocenters. The van der Waals surface area contributed by atoms with E-state index < -0.39 is 0 Å². The summed E-state index contributed by atoms with van der Waals surface area (Å²) in [6.07, 6.45) is 0. The predicted molar refractivity (Wildman–Crippen MR) is 95.4 cm³/mol. The van der Waals surface area contributed by atoms with Crippen LogP contribution >= 0.6 is 0 Å². The number of benzene rings is 1. The van der Waals surface area contributed by atoms with Crippen LogP contribution in [0.25, 0.3) is 0 Å². The maximum absolute atomic E-state index is 5.79. The fourth-order valence-electron chi connectivity index (χ4n) is 3.14. The number of nitrogens with zero attached hydrogens (tertiary/aromatic N) is 3. The van der Waals surface area contributed by atoms with Crippen molar-refractivity contribution in [2.45, 2.75) is 26.8 Å². The van der Waals surface area contributed by atoms with E-state index in [0.29, 0.717) is 18.7 Å². The van der Waals surface area contributed by atoms with Crippen LogP contribution in [0.2, 0.25) is 0 Å². The van der Waals surface area contributed by atoms with Gasteiger partial charge in [-0.3, -0.25) is 4.90 Å². The number of hydrogen-bond donors (Lipinski definition) is 1. The van der Waals surface area contributed by atoms with Crippen LogP contribution < -0.4 is 10.1 Å². The second-order valence-corrected chi connectivity index (χ2v) is 6.45. The summed E-state index contributed by atoms with van der Waals surface area (Å²) in [6.45, 7) is 10.5. The summed E-state index contributed by atoms with van der Waals surface area (Å²) in [5, 5.41) is 3.49. The highest BCUT2D eigenvalue weighted by Gasteiger charge is 2.23. The molecule has 0 aliphatic carbocycles. The summed E-state index contributed by atoms with van der Waals surface area (Å²) in [5.41, 5.74) is 4.54. The van der Waals surface area contributed by atoms with Crippen molar-refractivity contribution < 1.29 is 4.74 Å². The van der Waals surface area contributed by atoms with E-state index >= 15 is 0 Å². The molecule has 1 aliphatic rings. The van der Waals surface area contributed by atoms with Gasteiger partial charge in [0.15, 0.2) is 0 Å². The summed E-state index contributed by atoms with van der Waals surface area (Å²) in [6, 6.07) is 11.7. The Morgan fingerprint density at radius 2 is 1.83 bits per heavy atom. The topological polar surface area (TPSA) is 50.3 Å². The smallest absolute Gasteiger partial charge is 0.316 e. The molecule has 1 atom stereocenters. The minimum absolute atomic E-state index is 0.392. The first-order valence-corrected chi connectivity index (χ1v) is 8.58. The summed E-state index contributed by atoms with van der Waals surface area (Å²) in [5.74, 6) is 0. The van der Waals surface area contributed by atoms with Crippen LogP contribution in [-0.4, -0.2) is 47.7 Å². The normalized spacial score (nSPS) is 18.5. The van der Waals surface area contributed by atoms with Crippen molar-refractivity contribution >= 4 is 0 Å². The molecule has 0 amide bonds. The number of aryl methyl sites for hydroxylation is 3. The van der Waals surface area contributed by atoms with E-state index in [9.17, 15) is 0 Å². The zero-order chi connectivity index (χ0) is 16.9. The van der Waals surface area contributed by atoms with Crippen molar-refractivity contribution in [1.82, 2.24) is 20.2 Å². The molecule has 5 nitrogen and oxygen atoms in total. The van der Waals surface area contributed by atoms with Gasteiger partial charge in [-0.2, -0.15) is 0 Å². The predicted octanol–water partition coefficient (Wildman–Crippen LogP) is 2.43. The summed E-state index contributed by atoms with van der Waals surface area (Å²) >= 11 is 0. The molecular weight excluding hydrogens is 300 g/mol. The maximum atomic E-state index is 5.79. The van der Waals surface area contributed by atoms with E-state index in [2.05, 4.69) is 51.4 Å². The van der Waals surface area contributed by atoms with E-state index in [4.69, 9.17) is 4.74 Å². The third-order valence-corrected chi connectivity index (χ3v) is 4.39. The maximum Gasteiger partial charge on any atom is 0.316 e. The standard InChI is InChI=1S/C19H26N4O/c1-14-4-6-17(7-5-14)18-13-20-8-9-23(18)10-11-24-19-21-15(2)12-16(3)22-19/h4-7,12,18,20H,8-11,13H2,1-3H3. The third-order valence-electron chi connectivity index (χ3n) is 4.39. The Morgan fingerprint density at radius 1 is 1.12 bits per heavy atom. The second kappa shape index (κ2) is 7.73. The molecular formula is C19H26N4O. The van der Waals surface area contributed by atoms with Crippen LogP contribution in [0.1, 0.15) is 28.6 Å². The molecule has 5 heteroatoms. The minimum Gasteiger partial charge on any atom is -0.462 e. The van der Waals surface area contributed by atoms with Crippen molar-refractivity contribution in [3.05, 3.63) is 52.8 Å². The van der Waals surface area contributed by atoms with Crippen molar-refractivity contribution in [2.24, 2.45) is 0 Å². The Bertz CT molecular complexity index is 651. The van der Waals surface area contributed by atoms with Crippen LogP contribution in [0.4, 0.5) is 0 Å². The van der Waals surface area contributed by atoms with Crippen LogP contribution in [0.5, 0.6) is 6.01 Å². The summed E-state index contributed by atoms with van der Waals surface area (Å²) in [7, 11) is 0. The largest absolute Gasteiger partial charge is 0.462 e. The van der Waals surface area contributed by atoms with Crippen molar-refractivity contribution in [3.63, 3.8) is 0 Å². The molecule has 2 aromatic rings. The molecule has 2 heterocycles. The van der Waals surface area contributed by atoms with Gasteiger partial charge >= 0.3 is 6.01 Å². The number of piperazine rings is 1. The average Bonchev–Trinajstić information content (AvgIpc) is 2.55. The van der Waals surface area contributed by atoms with Gasteiger partial charge in [0, 0.05) is 43.6 Å². The number of nitrogens with one attached hydrogen (secondary N) is 1. The zero-order valence-electron chi connectivity index (χ0n) is 14.7. The van der Waals surface area contributed by atoms with Crippen LogP contribution in [0.15, 0.2) is 30.3 Å². The van der Waals surface area contributed by atoms with Gasteiger partial charge in [0.25, 0.3) is 0 Å². The molecule has 1 aromatic carbocycles. The van der Waals surface area contributed by atoms with Crippen LogP contribution in [0, 0.1) is 20.8 Å². The molecule has 24 heavy (non-hydrogen) atoms. The van der Waals surface area contributed by atoms with Crippen LogP contribution in [0.3, 0.4) is 0 Å². The molecule has 1 fully saturated rings. The first-order valence-electron chi connectivity index (χ1n) is 8.58. The molecule has 0 spiro atoms. The third kappa shape index (κ3) is 4.30. The minimum atomic E-state index is 0.392. The molecule has 3 rings (SSSR count). The lowest BCUT2D eigenvalue weighted by molar-refractivity contribution is 0.130. The number of ether oxygens (including phenoxy) is 1. The molecule has 1 saturated heterocycles. The Kier molecular flexibility index (Phi) is 5.43. The lowest BCUT2D eigenvalue weighted by Crippen LogP contribution is -2.47. The van der Waals surface area contributed by atoms with Gasteiger partial charge in [-0.15, -0.1) is 0 Å². The molecule has 0 radical (unpaired) electrons. The number of hydrogen-bond acceptors (Lipinski definition) is 5. The Balaban J connectivity index is 1.60. The quantitative estimate of drug-likeness (QED) is 0.914. The highest BCUT2D eigenvalue weighted by molar-refractivity contribution is 5.25. The van der Waals surface area contributed by atoms with Gasteiger partial charge in [-0.1, -0.05) is 29.8 Å². The van der Waals surface area contributed by atoms with Crippen molar-refractivity contribution in [1.29, 1.82) is 0 Å². The Labute approximate surface area is 144 Å². The summed E-state index contributed by atoms with van der Waals surface area (Å²) < 4.78 is 5.79. The highest BCUT2D eigenvalue weighted by atomic mass is 16.5. The molecule has 0 saturated carbocycles. The Morgan fingerprint density at radius 3 is 2.54 bits per heavy atom. The van der Waals surface area contributed by atoms with Crippen molar-refractivity contribution in [3.8, 4) is 6.01 Å². The van der Waals surface area contributed by atoms with E-state index in [1.807, 2.05) is 19.9 Å². The number of aromatic nitrogens is 2. The van der Waals surface area contributed by atoms with Gasteiger partial charge < -0.3 is 10.1 Å². The molecule has 1 aromatic heterocycles. The monoisotopic (exact) mass is 326 g/mol. The average molecular weight is 326 g/mol. The zero-order valence-corrected chi connectivity index (χ0v) is 14.7. The van der Waals surface area contributed by atoms with E-state index in [1.54, 1.807) is 0 Å². The van der Waals surface area contributed by atoms with Gasteiger partial charge in [-0.05, 0) is 32.4 Å². The first-order chi connectivity index (χ1) is 11.6. The lowest BCUT2D eigenvalue weighted by Gasteiger charge is -2.36. The Hall–Kier alpha value is -1.98. The molecule has 1 N–H and O–H groups in total.